The number of benzene rings is 1. The Kier molecular flexibility index (Phi) is 6.86. The third-order valence-corrected chi connectivity index (χ3v) is 6.24. The molecule has 3 heterocycles. The summed E-state index contributed by atoms with van der Waals surface area (Å²) in [5.74, 6) is 2.60. The van der Waals surface area contributed by atoms with Crippen LogP contribution in [0.4, 0.5) is 5.95 Å². The molecule has 4 rings (SSSR count). The van der Waals surface area contributed by atoms with Gasteiger partial charge >= 0.3 is 0 Å². The topological polar surface area (TPSA) is 71.0 Å². The molecule has 8 nitrogen and oxygen atoms in total. The molecule has 8 heteroatoms. The molecule has 0 saturated carbocycles. The standard InChI is InChI=1S/C23H31N5O3/c1-30-18-6-7-19(21(17-18)31-2)20-5-3-11-26(20)12-8-22(29)27-13-15-28(16-14-27)23-24-9-4-10-25-23/h4,6-7,9-10,17,20H,3,5,8,11-16H2,1-2H3/t20-/m1/s1. The van der Waals surface area contributed by atoms with Gasteiger partial charge in [0.25, 0.3) is 0 Å². The van der Waals surface area contributed by atoms with E-state index in [4.69, 9.17) is 9.47 Å². The summed E-state index contributed by atoms with van der Waals surface area (Å²) in [4.78, 5) is 28.0. The average Bonchev–Trinajstić information content (AvgIpc) is 3.31. The first-order chi connectivity index (χ1) is 15.2. The molecule has 2 fully saturated rings. The molecule has 2 aliphatic heterocycles. The van der Waals surface area contributed by atoms with Gasteiger partial charge in [0.2, 0.25) is 11.9 Å². The zero-order valence-electron chi connectivity index (χ0n) is 18.4. The molecule has 2 aliphatic rings. The van der Waals surface area contributed by atoms with Crippen molar-refractivity contribution in [1.82, 2.24) is 19.8 Å². The Hall–Kier alpha value is -2.87. The number of rotatable bonds is 7. The second kappa shape index (κ2) is 9.96. The highest BCUT2D eigenvalue weighted by molar-refractivity contribution is 5.76. The van der Waals surface area contributed by atoms with Gasteiger partial charge in [-0.2, -0.15) is 0 Å². The third-order valence-electron chi connectivity index (χ3n) is 6.24. The second-order valence-electron chi connectivity index (χ2n) is 7.97. The van der Waals surface area contributed by atoms with Crippen LogP contribution in [0.5, 0.6) is 11.5 Å². The molecular formula is C23H31N5O3. The Morgan fingerprint density at radius 2 is 1.84 bits per heavy atom. The van der Waals surface area contributed by atoms with Crippen molar-refractivity contribution in [3.8, 4) is 11.5 Å². The highest BCUT2D eigenvalue weighted by Crippen LogP contribution is 2.38. The van der Waals surface area contributed by atoms with Gasteiger partial charge in [-0.15, -0.1) is 0 Å². The molecule has 2 saturated heterocycles. The van der Waals surface area contributed by atoms with Gasteiger partial charge < -0.3 is 19.3 Å². The number of aromatic nitrogens is 2. The lowest BCUT2D eigenvalue weighted by Gasteiger charge is -2.35. The Labute approximate surface area is 183 Å². The number of carbonyl (C=O) groups excluding carboxylic acids is 1. The molecule has 0 unspecified atom stereocenters. The Bertz CT molecular complexity index is 871. The second-order valence-corrected chi connectivity index (χ2v) is 7.97. The van der Waals surface area contributed by atoms with Crippen LogP contribution in [-0.4, -0.2) is 79.2 Å². The van der Waals surface area contributed by atoms with Gasteiger partial charge in [0.05, 0.1) is 14.2 Å². The number of likely N-dealkylation sites (tertiary alicyclic amines) is 1. The van der Waals surface area contributed by atoms with Gasteiger partial charge in [-0.25, -0.2) is 9.97 Å². The van der Waals surface area contributed by atoms with Crippen molar-refractivity contribution in [1.29, 1.82) is 0 Å². The summed E-state index contributed by atoms with van der Waals surface area (Å²) >= 11 is 0. The summed E-state index contributed by atoms with van der Waals surface area (Å²) in [6.07, 6.45) is 6.25. The molecule has 31 heavy (non-hydrogen) atoms. The predicted molar refractivity (Wildman–Crippen MR) is 119 cm³/mol. The number of carbonyl (C=O) groups is 1. The fourth-order valence-corrected chi connectivity index (χ4v) is 4.55. The SMILES string of the molecule is COc1ccc([C@H]2CCCN2CCC(=O)N2CCN(c3ncccn3)CC2)c(OC)c1. The van der Waals surface area contributed by atoms with E-state index in [2.05, 4.69) is 25.8 Å². The molecule has 0 bridgehead atoms. The van der Waals surface area contributed by atoms with Crippen LogP contribution < -0.4 is 14.4 Å². The molecule has 1 aromatic carbocycles. The molecule has 1 aromatic heterocycles. The maximum atomic E-state index is 12.9. The number of methoxy groups -OCH3 is 2. The maximum Gasteiger partial charge on any atom is 0.225 e. The number of amides is 1. The van der Waals surface area contributed by atoms with E-state index in [0.717, 1.165) is 56.5 Å². The summed E-state index contributed by atoms with van der Waals surface area (Å²) in [6, 6.07) is 8.10. The van der Waals surface area contributed by atoms with Gasteiger partial charge in [-0.3, -0.25) is 9.69 Å². The summed E-state index contributed by atoms with van der Waals surface area (Å²) in [6.45, 7) is 4.74. The van der Waals surface area contributed by atoms with Crippen LogP contribution in [0.2, 0.25) is 0 Å². The first kappa shape index (κ1) is 21.4. The zero-order valence-corrected chi connectivity index (χ0v) is 18.4. The smallest absolute Gasteiger partial charge is 0.225 e. The minimum atomic E-state index is 0.223. The van der Waals surface area contributed by atoms with Crippen LogP contribution in [0.15, 0.2) is 36.7 Å². The van der Waals surface area contributed by atoms with Crippen LogP contribution in [0.25, 0.3) is 0 Å². The van der Waals surface area contributed by atoms with E-state index < -0.39 is 0 Å². The van der Waals surface area contributed by atoms with Crippen LogP contribution in [-0.2, 0) is 4.79 Å². The number of anilines is 1. The number of hydrogen-bond acceptors (Lipinski definition) is 7. The number of ether oxygens (including phenoxy) is 2. The van der Waals surface area contributed by atoms with E-state index in [1.54, 1.807) is 26.6 Å². The number of nitrogens with zero attached hydrogens (tertiary/aromatic N) is 5. The number of hydrogen-bond donors (Lipinski definition) is 0. The lowest BCUT2D eigenvalue weighted by atomic mass is 10.0. The van der Waals surface area contributed by atoms with Crippen LogP contribution in [0, 0.1) is 0 Å². The van der Waals surface area contributed by atoms with Crippen molar-refractivity contribution in [3.63, 3.8) is 0 Å². The summed E-state index contributed by atoms with van der Waals surface area (Å²) < 4.78 is 10.9. The molecule has 0 N–H and O–H groups in total. The van der Waals surface area contributed by atoms with Crippen molar-refractivity contribution in [2.45, 2.75) is 25.3 Å². The molecule has 0 aliphatic carbocycles. The third kappa shape index (κ3) is 4.90. The minimum Gasteiger partial charge on any atom is -0.497 e. The zero-order chi connectivity index (χ0) is 21.6. The van der Waals surface area contributed by atoms with Gasteiger partial charge in [0.1, 0.15) is 11.5 Å². The van der Waals surface area contributed by atoms with Gasteiger partial charge in [0.15, 0.2) is 0 Å². The van der Waals surface area contributed by atoms with Crippen LogP contribution in [0.1, 0.15) is 30.9 Å². The number of piperazine rings is 1. The van der Waals surface area contributed by atoms with Crippen molar-refractivity contribution < 1.29 is 14.3 Å². The Morgan fingerprint density at radius 1 is 1.06 bits per heavy atom. The van der Waals surface area contributed by atoms with Crippen molar-refractivity contribution in [2.75, 3.05) is 58.4 Å². The molecule has 1 atom stereocenters. The quantitative estimate of drug-likeness (QED) is 0.674. The van der Waals surface area contributed by atoms with Crippen LogP contribution >= 0.6 is 0 Å². The fourth-order valence-electron chi connectivity index (χ4n) is 4.55. The van der Waals surface area contributed by atoms with E-state index in [9.17, 15) is 4.79 Å². The van der Waals surface area contributed by atoms with E-state index in [0.29, 0.717) is 19.5 Å². The van der Waals surface area contributed by atoms with Crippen molar-refractivity contribution in [2.24, 2.45) is 0 Å². The van der Waals surface area contributed by atoms with Crippen molar-refractivity contribution >= 4 is 11.9 Å². The monoisotopic (exact) mass is 425 g/mol. The molecule has 166 valence electrons. The van der Waals surface area contributed by atoms with Crippen molar-refractivity contribution in [3.05, 3.63) is 42.2 Å². The van der Waals surface area contributed by atoms with Crippen LogP contribution in [0.3, 0.4) is 0 Å². The fraction of sp³-hybridized carbons (Fsp3) is 0.522. The van der Waals surface area contributed by atoms with E-state index in [1.165, 1.54) is 5.56 Å². The summed E-state index contributed by atoms with van der Waals surface area (Å²) in [7, 11) is 3.36. The first-order valence-corrected chi connectivity index (χ1v) is 11.0. The van der Waals surface area contributed by atoms with E-state index >= 15 is 0 Å². The lowest BCUT2D eigenvalue weighted by Crippen LogP contribution is -2.49. The lowest BCUT2D eigenvalue weighted by molar-refractivity contribution is -0.131. The molecular weight excluding hydrogens is 394 g/mol. The normalized spacial score (nSPS) is 19.5. The molecule has 0 radical (unpaired) electrons. The largest absolute Gasteiger partial charge is 0.497 e. The average molecular weight is 426 g/mol. The minimum absolute atomic E-state index is 0.223. The summed E-state index contributed by atoms with van der Waals surface area (Å²) in [5, 5.41) is 0. The van der Waals surface area contributed by atoms with E-state index in [1.807, 2.05) is 23.1 Å². The highest BCUT2D eigenvalue weighted by atomic mass is 16.5. The Morgan fingerprint density at radius 3 is 2.55 bits per heavy atom. The molecule has 1 amide bonds. The van der Waals surface area contributed by atoms with Gasteiger partial charge in [0, 0.05) is 69.2 Å². The molecule has 2 aromatic rings. The maximum absolute atomic E-state index is 12.9. The first-order valence-electron chi connectivity index (χ1n) is 11.0. The highest BCUT2D eigenvalue weighted by Gasteiger charge is 2.30. The summed E-state index contributed by atoms with van der Waals surface area (Å²) in [5.41, 5.74) is 1.17. The van der Waals surface area contributed by atoms with Gasteiger partial charge in [-0.1, -0.05) is 6.07 Å². The Balaban J connectivity index is 1.31. The van der Waals surface area contributed by atoms with Gasteiger partial charge in [-0.05, 0) is 31.5 Å². The predicted octanol–water partition coefficient (Wildman–Crippen LogP) is 2.37. The molecule has 0 spiro atoms. The van der Waals surface area contributed by atoms with E-state index in [-0.39, 0.29) is 11.9 Å².